The number of carbonyl (C=O) groups excluding carboxylic acids is 1. The van der Waals surface area contributed by atoms with E-state index >= 15 is 0 Å². The highest BCUT2D eigenvalue weighted by molar-refractivity contribution is 7.92. The summed E-state index contributed by atoms with van der Waals surface area (Å²) < 4.78 is 28.6. The molecule has 0 amide bonds. The van der Waals surface area contributed by atoms with Crippen LogP contribution in [0, 0.1) is 0 Å². The van der Waals surface area contributed by atoms with E-state index in [1.807, 2.05) is 0 Å². The van der Waals surface area contributed by atoms with Crippen molar-refractivity contribution in [3.05, 3.63) is 23.8 Å². The van der Waals surface area contributed by atoms with E-state index < -0.39 is 15.1 Å². The summed E-state index contributed by atoms with van der Waals surface area (Å²) in [4.78, 5) is 10.9. The molecule has 0 aliphatic heterocycles. The molecule has 1 rings (SSSR count). The van der Waals surface area contributed by atoms with Crippen LogP contribution in [-0.2, 0) is 9.84 Å². The van der Waals surface area contributed by atoms with Crippen molar-refractivity contribution in [3.63, 3.8) is 0 Å². The molecule has 16 heavy (non-hydrogen) atoms. The summed E-state index contributed by atoms with van der Waals surface area (Å²) in [5.74, 6) is 0.373. The Labute approximate surface area is 95.2 Å². The van der Waals surface area contributed by atoms with Crippen LogP contribution in [0.5, 0.6) is 5.75 Å². The largest absolute Gasteiger partial charge is 0.496 e. The molecule has 88 valence electrons. The normalized spacial score (nSPS) is 11.5. The van der Waals surface area contributed by atoms with Crippen molar-refractivity contribution in [3.8, 4) is 5.75 Å². The third-order valence-electron chi connectivity index (χ3n) is 2.28. The van der Waals surface area contributed by atoms with Gasteiger partial charge in [0.1, 0.15) is 5.75 Å². The molecule has 0 unspecified atom stereocenters. The van der Waals surface area contributed by atoms with E-state index in [9.17, 15) is 13.2 Å². The van der Waals surface area contributed by atoms with Crippen molar-refractivity contribution in [2.45, 2.75) is 24.0 Å². The fourth-order valence-corrected chi connectivity index (χ4v) is 2.35. The number of carbonyl (C=O) groups is 1. The van der Waals surface area contributed by atoms with E-state index in [4.69, 9.17) is 4.74 Å². The lowest BCUT2D eigenvalue weighted by atomic mass is 10.2. The van der Waals surface area contributed by atoms with Crippen LogP contribution < -0.4 is 4.74 Å². The minimum atomic E-state index is -3.35. The molecule has 5 heteroatoms. The van der Waals surface area contributed by atoms with Gasteiger partial charge in [-0.25, -0.2) is 8.42 Å². The van der Waals surface area contributed by atoms with Gasteiger partial charge in [0.15, 0.2) is 16.1 Å². The lowest BCUT2D eigenvalue weighted by Gasteiger charge is -2.10. The average Bonchev–Trinajstić information content (AvgIpc) is 2.27. The van der Waals surface area contributed by atoms with E-state index in [2.05, 4.69) is 0 Å². The molecule has 0 heterocycles. The molecule has 0 aliphatic carbocycles. The fraction of sp³-hybridized carbons (Fsp3) is 0.364. The Morgan fingerprint density at radius 3 is 2.38 bits per heavy atom. The highest BCUT2D eigenvalue weighted by Crippen LogP contribution is 2.23. The van der Waals surface area contributed by atoms with Gasteiger partial charge in [0.2, 0.25) is 0 Å². The highest BCUT2D eigenvalue weighted by Gasteiger charge is 2.20. The van der Waals surface area contributed by atoms with Crippen LogP contribution in [0.1, 0.15) is 24.2 Å². The summed E-state index contributed by atoms with van der Waals surface area (Å²) in [5, 5.41) is -0.514. The average molecular weight is 242 g/mol. The Hall–Kier alpha value is -1.36. The van der Waals surface area contributed by atoms with E-state index in [0.29, 0.717) is 12.0 Å². The zero-order valence-electron chi connectivity index (χ0n) is 9.43. The third kappa shape index (κ3) is 2.24. The monoisotopic (exact) mass is 242 g/mol. The molecule has 0 N–H and O–H groups in total. The lowest BCUT2D eigenvalue weighted by Crippen LogP contribution is -2.14. The van der Waals surface area contributed by atoms with Crippen LogP contribution in [-0.4, -0.2) is 27.1 Å². The molecule has 1 aromatic carbocycles. The Balaban J connectivity index is 3.34. The maximum Gasteiger partial charge on any atom is 0.180 e. The molecule has 0 spiro atoms. The van der Waals surface area contributed by atoms with Gasteiger partial charge in [0.25, 0.3) is 0 Å². The summed E-state index contributed by atoms with van der Waals surface area (Å²) in [5.41, 5.74) is 0.240. The molecule has 0 aromatic heterocycles. The first-order valence-electron chi connectivity index (χ1n) is 4.80. The van der Waals surface area contributed by atoms with Crippen LogP contribution in [0.4, 0.5) is 0 Å². The molecule has 0 aliphatic rings. The van der Waals surface area contributed by atoms with Crippen molar-refractivity contribution in [2.24, 2.45) is 0 Å². The number of hydrogen-bond donors (Lipinski definition) is 0. The smallest absolute Gasteiger partial charge is 0.180 e. The third-order valence-corrected chi connectivity index (χ3v) is 4.43. The number of methoxy groups -OCH3 is 1. The van der Waals surface area contributed by atoms with Gasteiger partial charge in [-0.05, 0) is 32.0 Å². The van der Waals surface area contributed by atoms with Crippen LogP contribution in [0.15, 0.2) is 23.1 Å². The zero-order valence-corrected chi connectivity index (χ0v) is 10.2. The van der Waals surface area contributed by atoms with Crippen LogP contribution in [0.3, 0.4) is 0 Å². The van der Waals surface area contributed by atoms with Crippen molar-refractivity contribution in [2.75, 3.05) is 7.11 Å². The lowest BCUT2D eigenvalue weighted by molar-refractivity contribution is 0.112. The van der Waals surface area contributed by atoms with E-state index in [1.165, 1.54) is 25.3 Å². The standard InChI is InChI=1S/C11H14O4S/c1-8(2)16(13,14)10-4-5-11(15-3)9(6-10)7-12/h4-8H,1-3H3. The number of rotatable bonds is 4. The Kier molecular flexibility index (Phi) is 3.70. The second kappa shape index (κ2) is 4.65. The van der Waals surface area contributed by atoms with E-state index in [0.717, 1.165) is 0 Å². The van der Waals surface area contributed by atoms with E-state index in [1.54, 1.807) is 13.8 Å². The van der Waals surface area contributed by atoms with Gasteiger partial charge in [-0.2, -0.15) is 0 Å². The minimum Gasteiger partial charge on any atom is -0.496 e. The zero-order chi connectivity index (χ0) is 12.3. The molecular formula is C11H14O4S. The summed E-state index contributed by atoms with van der Waals surface area (Å²) in [6.07, 6.45) is 0.582. The molecule has 0 bridgehead atoms. The fourth-order valence-electron chi connectivity index (χ4n) is 1.25. The quantitative estimate of drug-likeness (QED) is 0.754. The number of aldehydes is 1. The van der Waals surface area contributed by atoms with Crippen LogP contribution >= 0.6 is 0 Å². The first kappa shape index (κ1) is 12.7. The Morgan fingerprint density at radius 1 is 1.31 bits per heavy atom. The predicted molar refractivity (Wildman–Crippen MR) is 60.7 cm³/mol. The van der Waals surface area contributed by atoms with Crippen LogP contribution in [0.2, 0.25) is 0 Å². The van der Waals surface area contributed by atoms with Crippen molar-refractivity contribution >= 4 is 16.1 Å². The SMILES string of the molecule is COc1ccc(S(=O)(=O)C(C)C)cc1C=O. The molecule has 0 saturated heterocycles. The molecule has 0 fully saturated rings. The molecule has 0 saturated carbocycles. The molecule has 1 aromatic rings. The first-order valence-corrected chi connectivity index (χ1v) is 6.35. The molecule has 0 atom stereocenters. The number of benzene rings is 1. The van der Waals surface area contributed by atoms with Gasteiger partial charge in [0.05, 0.1) is 22.8 Å². The molecular weight excluding hydrogens is 228 g/mol. The van der Waals surface area contributed by atoms with Crippen molar-refractivity contribution in [1.29, 1.82) is 0 Å². The van der Waals surface area contributed by atoms with Crippen molar-refractivity contribution in [1.82, 2.24) is 0 Å². The summed E-state index contributed by atoms with van der Waals surface area (Å²) in [6, 6.07) is 4.27. The maximum atomic E-state index is 11.8. The van der Waals surface area contributed by atoms with Gasteiger partial charge >= 0.3 is 0 Å². The van der Waals surface area contributed by atoms with Gasteiger partial charge in [-0.15, -0.1) is 0 Å². The predicted octanol–water partition coefficient (Wildman–Crippen LogP) is 1.69. The Bertz CT molecular complexity index is 489. The summed E-state index contributed by atoms with van der Waals surface area (Å²) >= 11 is 0. The molecule has 0 radical (unpaired) electrons. The first-order chi connectivity index (χ1) is 7.43. The Morgan fingerprint density at radius 2 is 1.94 bits per heavy atom. The summed E-state index contributed by atoms with van der Waals surface area (Å²) in [7, 11) is -1.92. The van der Waals surface area contributed by atoms with Gasteiger partial charge in [-0.3, -0.25) is 4.79 Å². The van der Waals surface area contributed by atoms with Crippen molar-refractivity contribution < 1.29 is 17.9 Å². The van der Waals surface area contributed by atoms with E-state index in [-0.39, 0.29) is 10.5 Å². The van der Waals surface area contributed by atoms with Gasteiger partial charge in [0, 0.05) is 0 Å². The van der Waals surface area contributed by atoms with Crippen LogP contribution in [0.25, 0.3) is 0 Å². The van der Waals surface area contributed by atoms with Gasteiger partial charge in [-0.1, -0.05) is 0 Å². The number of sulfone groups is 1. The molecule has 4 nitrogen and oxygen atoms in total. The minimum absolute atomic E-state index is 0.144. The second-order valence-electron chi connectivity index (χ2n) is 3.62. The summed E-state index contributed by atoms with van der Waals surface area (Å²) in [6.45, 7) is 3.19. The van der Waals surface area contributed by atoms with Gasteiger partial charge < -0.3 is 4.74 Å². The number of hydrogen-bond acceptors (Lipinski definition) is 4. The topological polar surface area (TPSA) is 60.4 Å². The maximum absolute atomic E-state index is 11.8. The second-order valence-corrected chi connectivity index (χ2v) is 6.12. The highest BCUT2D eigenvalue weighted by atomic mass is 32.2. The number of ether oxygens (including phenoxy) is 1.